The Hall–Kier alpha value is -1.06. The van der Waals surface area contributed by atoms with Crippen LogP contribution in [0, 0.1) is 11.3 Å². The van der Waals surface area contributed by atoms with Gasteiger partial charge in [-0.3, -0.25) is 4.79 Å². The Bertz CT molecular complexity index is 277. The molecule has 0 aromatic rings. The van der Waals surface area contributed by atoms with Gasteiger partial charge in [-0.25, -0.2) is 4.79 Å². The number of carbonyl (C=O) groups excluding carboxylic acids is 1. The molecule has 2 N–H and O–H groups in total. The molecule has 0 aromatic heterocycles. The molecule has 1 saturated carbocycles. The Morgan fingerprint density at radius 1 is 1.53 bits per heavy atom. The van der Waals surface area contributed by atoms with Crippen LogP contribution in [-0.4, -0.2) is 23.0 Å². The molecule has 3 unspecified atom stereocenters. The summed E-state index contributed by atoms with van der Waals surface area (Å²) >= 11 is 0. The number of aliphatic carboxylic acids is 1. The van der Waals surface area contributed by atoms with Crippen LogP contribution in [0.1, 0.15) is 40.0 Å². The molecular formula is C11H19NO3. The summed E-state index contributed by atoms with van der Waals surface area (Å²) in [4.78, 5) is 22.4. The monoisotopic (exact) mass is 213 g/mol. The van der Waals surface area contributed by atoms with Crippen molar-refractivity contribution in [1.29, 1.82) is 0 Å². The van der Waals surface area contributed by atoms with Gasteiger partial charge in [0.05, 0.1) is 0 Å². The van der Waals surface area contributed by atoms with Crippen molar-refractivity contribution in [3.8, 4) is 0 Å². The summed E-state index contributed by atoms with van der Waals surface area (Å²) in [6, 6.07) is -0.737. The first-order chi connectivity index (χ1) is 6.94. The van der Waals surface area contributed by atoms with Gasteiger partial charge in [0.1, 0.15) is 6.04 Å². The third kappa shape index (κ3) is 2.49. The maximum absolute atomic E-state index is 11.7. The molecule has 0 aliphatic heterocycles. The quantitative estimate of drug-likeness (QED) is 0.725. The van der Waals surface area contributed by atoms with E-state index in [0.717, 1.165) is 12.8 Å². The van der Waals surface area contributed by atoms with Crippen molar-refractivity contribution >= 4 is 11.9 Å². The van der Waals surface area contributed by atoms with E-state index in [2.05, 4.69) is 19.2 Å². The lowest BCUT2D eigenvalue weighted by molar-refractivity contribution is -0.142. The standard InChI is InChI=1S/C11H19NO3/c1-4-8(10(14)15)12-9(13)7-6-11(7,3)5-2/h7-8H,4-6H2,1-3H3,(H,12,13)(H,14,15). The lowest BCUT2D eigenvalue weighted by Crippen LogP contribution is -2.41. The summed E-state index contributed by atoms with van der Waals surface area (Å²) in [6.07, 6.45) is 2.27. The van der Waals surface area contributed by atoms with Crippen molar-refractivity contribution in [1.82, 2.24) is 5.32 Å². The van der Waals surface area contributed by atoms with E-state index >= 15 is 0 Å². The molecule has 0 heterocycles. The average Bonchev–Trinajstić information content (AvgIpc) is 2.87. The Balaban J connectivity index is 2.47. The zero-order valence-corrected chi connectivity index (χ0v) is 9.54. The molecular weight excluding hydrogens is 194 g/mol. The van der Waals surface area contributed by atoms with Gasteiger partial charge in [-0.15, -0.1) is 0 Å². The number of hydrogen-bond acceptors (Lipinski definition) is 2. The Kier molecular flexibility index (Phi) is 3.37. The number of hydrogen-bond donors (Lipinski definition) is 2. The number of carboxylic acids is 1. The van der Waals surface area contributed by atoms with Crippen LogP contribution in [0.15, 0.2) is 0 Å². The molecule has 3 atom stereocenters. The van der Waals surface area contributed by atoms with Gasteiger partial charge in [0, 0.05) is 5.92 Å². The molecule has 1 amide bonds. The second-order valence-corrected chi connectivity index (χ2v) is 4.57. The molecule has 4 heteroatoms. The zero-order chi connectivity index (χ0) is 11.6. The van der Waals surface area contributed by atoms with Crippen LogP contribution >= 0.6 is 0 Å². The van der Waals surface area contributed by atoms with Crippen LogP contribution in [0.25, 0.3) is 0 Å². The van der Waals surface area contributed by atoms with Gasteiger partial charge < -0.3 is 10.4 Å². The fourth-order valence-corrected chi connectivity index (χ4v) is 1.82. The minimum atomic E-state index is -0.954. The Labute approximate surface area is 90.0 Å². The number of carbonyl (C=O) groups is 2. The molecule has 0 bridgehead atoms. The summed E-state index contributed by atoms with van der Waals surface area (Å²) in [5.74, 6) is -1.05. The number of amides is 1. The Morgan fingerprint density at radius 3 is 2.47 bits per heavy atom. The predicted octanol–water partition coefficient (Wildman–Crippen LogP) is 1.40. The second kappa shape index (κ2) is 4.21. The second-order valence-electron chi connectivity index (χ2n) is 4.57. The predicted molar refractivity (Wildman–Crippen MR) is 56.4 cm³/mol. The average molecular weight is 213 g/mol. The van der Waals surface area contributed by atoms with Crippen molar-refractivity contribution in [3.05, 3.63) is 0 Å². The van der Waals surface area contributed by atoms with Crippen molar-refractivity contribution in [3.63, 3.8) is 0 Å². The summed E-state index contributed by atoms with van der Waals surface area (Å²) in [5, 5.41) is 11.4. The molecule has 1 aliphatic rings. The van der Waals surface area contributed by atoms with Crippen LogP contribution in [0.4, 0.5) is 0 Å². The van der Waals surface area contributed by atoms with Crippen LogP contribution in [0.5, 0.6) is 0 Å². The third-order valence-electron chi connectivity index (χ3n) is 3.50. The highest BCUT2D eigenvalue weighted by Crippen LogP contribution is 2.54. The Morgan fingerprint density at radius 2 is 2.13 bits per heavy atom. The van der Waals surface area contributed by atoms with Crippen LogP contribution in [0.3, 0.4) is 0 Å². The highest BCUT2D eigenvalue weighted by atomic mass is 16.4. The van der Waals surface area contributed by atoms with Gasteiger partial charge in [-0.1, -0.05) is 20.8 Å². The number of nitrogens with one attached hydrogen (secondary N) is 1. The van der Waals surface area contributed by atoms with Crippen LogP contribution < -0.4 is 5.32 Å². The molecule has 0 saturated heterocycles. The van der Waals surface area contributed by atoms with Gasteiger partial charge in [-0.2, -0.15) is 0 Å². The summed E-state index contributed by atoms with van der Waals surface area (Å²) in [5.41, 5.74) is 0.0981. The van der Waals surface area contributed by atoms with Crippen molar-refractivity contribution in [2.24, 2.45) is 11.3 Å². The molecule has 0 radical (unpaired) electrons. The summed E-state index contributed by atoms with van der Waals surface area (Å²) in [7, 11) is 0. The third-order valence-corrected chi connectivity index (χ3v) is 3.50. The highest BCUT2D eigenvalue weighted by Gasteiger charge is 2.53. The summed E-state index contributed by atoms with van der Waals surface area (Å²) < 4.78 is 0. The van der Waals surface area contributed by atoms with Crippen LogP contribution in [0.2, 0.25) is 0 Å². The molecule has 0 aromatic carbocycles. The molecule has 1 fully saturated rings. The molecule has 1 aliphatic carbocycles. The first-order valence-corrected chi connectivity index (χ1v) is 5.47. The van der Waals surface area contributed by atoms with Crippen molar-refractivity contribution in [2.75, 3.05) is 0 Å². The van der Waals surface area contributed by atoms with E-state index in [9.17, 15) is 9.59 Å². The first-order valence-electron chi connectivity index (χ1n) is 5.47. The van der Waals surface area contributed by atoms with E-state index in [1.165, 1.54) is 0 Å². The van der Waals surface area contributed by atoms with E-state index in [1.54, 1.807) is 6.92 Å². The topological polar surface area (TPSA) is 66.4 Å². The van der Waals surface area contributed by atoms with Gasteiger partial charge in [0.25, 0.3) is 0 Å². The van der Waals surface area contributed by atoms with E-state index in [0.29, 0.717) is 6.42 Å². The van der Waals surface area contributed by atoms with E-state index in [1.807, 2.05) is 0 Å². The maximum atomic E-state index is 11.7. The van der Waals surface area contributed by atoms with Gasteiger partial charge in [-0.05, 0) is 24.7 Å². The number of carboxylic acid groups (broad SMARTS) is 1. The fraction of sp³-hybridized carbons (Fsp3) is 0.818. The normalized spacial score (nSPS) is 30.7. The van der Waals surface area contributed by atoms with E-state index in [4.69, 9.17) is 5.11 Å². The fourth-order valence-electron chi connectivity index (χ4n) is 1.82. The van der Waals surface area contributed by atoms with Gasteiger partial charge >= 0.3 is 5.97 Å². The minimum absolute atomic E-state index is 0.0101. The highest BCUT2D eigenvalue weighted by molar-refractivity contribution is 5.87. The largest absolute Gasteiger partial charge is 0.480 e. The van der Waals surface area contributed by atoms with Crippen molar-refractivity contribution < 1.29 is 14.7 Å². The van der Waals surface area contributed by atoms with Gasteiger partial charge in [0.15, 0.2) is 0 Å². The van der Waals surface area contributed by atoms with Crippen molar-refractivity contribution in [2.45, 2.75) is 46.1 Å². The smallest absolute Gasteiger partial charge is 0.326 e. The van der Waals surface area contributed by atoms with Crippen LogP contribution in [-0.2, 0) is 9.59 Å². The number of rotatable bonds is 5. The van der Waals surface area contributed by atoms with E-state index < -0.39 is 12.0 Å². The molecule has 4 nitrogen and oxygen atoms in total. The maximum Gasteiger partial charge on any atom is 0.326 e. The molecule has 86 valence electrons. The molecule has 1 rings (SSSR count). The lowest BCUT2D eigenvalue weighted by Gasteiger charge is -2.13. The minimum Gasteiger partial charge on any atom is -0.480 e. The summed E-state index contributed by atoms with van der Waals surface area (Å²) in [6.45, 7) is 5.88. The lowest BCUT2D eigenvalue weighted by atomic mass is 10.0. The molecule has 15 heavy (non-hydrogen) atoms. The zero-order valence-electron chi connectivity index (χ0n) is 9.54. The van der Waals surface area contributed by atoms with Gasteiger partial charge in [0.2, 0.25) is 5.91 Å². The first kappa shape index (κ1) is 12.0. The molecule has 0 spiro atoms. The van der Waals surface area contributed by atoms with E-state index in [-0.39, 0.29) is 17.2 Å². The SMILES string of the molecule is CCC(NC(=O)C1CC1(C)CC)C(=O)O.